The number of nitrogens with one attached hydrogen (secondary N) is 2. The summed E-state index contributed by atoms with van der Waals surface area (Å²) in [6, 6.07) is 5.01. The van der Waals surface area contributed by atoms with Crippen molar-refractivity contribution in [3.05, 3.63) is 47.5 Å². The van der Waals surface area contributed by atoms with Gasteiger partial charge in [-0.2, -0.15) is 18.3 Å². The number of aromatic amines is 1. The molecule has 10 heteroatoms. The van der Waals surface area contributed by atoms with Crippen molar-refractivity contribution in [2.45, 2.75) is 31.9 Å². The molecule has 1 aliphatic rings. The molecule has 2 aromatic rings. The summed E-state index contributed by atoms with van der Waals surface area (Å²) in [4.78, 5) is 10.9. The zero-order valence-corrected chi connectivity index (χ0v) is 18.9. The van der Waals surface area contributed by atoms with E-state index in [4.69, 9.17) is 0 Å². The number of guanidine groups is 1. The highest BCUT2D eigenvalue weighted by Crippen LogP contribution is 2.29. The van der Waals surface area contributed by atoms with Gasteiger partial charge in [-0.25, -0.2) is 9.98 Å². The number of benzene rings is 1. The first-order valence-electron chi connectivity index (χ1n) is 9.52. The van der Waals surface area contributed by atoms with Gasteiger partial charge in [0.2, 0.25) is 0 Å². The van der Waals surface area contributed by atoms with Crippen LogP contribution in [0, 0.1) is 11.8 Å². The first kappa shape index (κ1) is 24.0. The number of alkyl halides is 3. The Hall–Kier alpha value is -2.29. The maximum absolute atomic E-state index is 12.8. The highest BCUT2D eigenvalue weighted by atomic mass is 127. The van der Waals surface area contributed by atoms with Crippen molar-refractivity contribution in [2.24, 2.45) is 4.99 Å². The molecule has 30 heavy (non-hydrogen) atoms. The van der Waals surface area contributed by atoms with E-state index in [2.05, 4.69) is 42.2 Å². The molecule has 1 aromatic heterocycles. The standard InChI is InChI=1S/C20H23F3N6.HI/c1-2-24-19(29-11-8-16(9-12-29)18-26-14-27-28-18)25-10-4-6-15-5-3-7-17(13-15)20(21,22)23;/h3,5,7,13-14,16H,2,8-12H2,1H3,(H,24,25)(H,26,27,28);1H. The fourth-order valence-corrected chi connectivity index (χ4v) is 3.23. The van der Waals surface area contributed by atoms with Gasteiger partial charge in [-0.1, -0.05) is 17.9 Å². The molecule has 162 valence electrons. The Balaban J connectivity index is 0.00000320. The Kier molecular flexibility index (Phi) is 8.95. The average Bonchev–Trinajstić information content (AvgIpc) is 3.25. The lowest BCUT2D eigenvalue weighted by molar-refractivity contribution is -0.137. The molecule has 0 atom stereocenters. The Bertz CT molecular complexity index is 878. The van der Waals surface area contributed by atoms with Crippen LogP contribution >= 0.6 is 24.0 Å². The van der Waals surface area contributed by atoms with Crippen LogP contribution in [0.5, 0.6) is 0 Å². The molecule has 0 spiro atoms. The number of aromatic nitrogens is 3. The molecule has 0 radical (unpaired) electrons. The predicted molar refractivity (Wildman–Crippen MR) is 120 cm³/mol. The molecular formula is C20H24F3IN6. The van der Waals surface area contributed by atoms with Crippen LogP contribution in [0.3, 0.4) is 0 Å². The van der Waals surface area contributed by atoms with E-state index in [-0.39, 0.29) is 30.5 Å². The van der Waals surface area contributed by atoms with E-state index in [1.807, 2.05) is 6.92 Å². The van der Waals surface area contributed by atoms with Crippen molar-refractivity contribution in [2.75, 3.05) is 26.2 Å². The summed E-state index contributed by atoms with van der Waals surface area (Å²) in [6.07, 6.45) is -0.965. The largest absolute Gasteiger partial charge is 0.416 e. The number of rotatable bonds is 3. The second-order valence-electron chi connectivity index (χ2n) is 6.68. The highest BCUT2D eigenvalue weighted by Gasteiger charge is 2.30. The summed E-state index contributed by atoms with van der Waals surface area (Å²) in [6.45, 7) is 4.59. The smallest absolute Gasteiger partial charge is 0.356 e. The zero-order valence-electron chi connectivity index (χ0n) is 16.5. The molecular weight excluding hydrogens is 508 g/mol. The number of piperidine rings is 1. The molecule has 0 unspecified atom stereocenters. The monoisotopic (exact) mass is 532 g/mol. The van der Waals surface area contributed by atoms with Gasteiger partial charge < -0.3 is 10.2 Å². The van der Waals surface area contributed by atoms with Crippen LogP contribution < -0.4 is 5.32 Å². The van der Waals surface area contributed by atoms with E-state index < -0.39 is 11.7 Å². The van der Waals surface area contributed by atoms with E-state index >= 15 is 0 Å². The number of hydrogen-bond acceptors (Lipinski definition) is 3. The van der Waals surface area contributed by atoms with Crippen molar-refractivity contribution in [3.8, 4) is 11.8 Å². The van der Waals surface area contributed by atoms with Crippen LogP contribution in [-0.2, 0) is 6.18 Å². The van der Waals surface area contributed by atoms with E-state index in [1.54, 1.807) is 6.07 Å². The Morgan fingerprint density at radius 3 is 2.73 bits per heavy atom. The van der Waals surface area contributed by atoms with Crippen LogP contribution in [0.15, 0.2) is 35.6 Å². The minimum Gasteiger partial charge on any atom is -0.356 e. The Morgan fingerprint density at radius 1 is 1.33 bits per heavy atom. The lowest BCUT2D eigenvalue weighted by Crippen LogP contribution is -2.45. The van der Waals surface area contributed by atoms with Crippen molar-refractivity contribution < 1.29 is 13.2 Å². The van der Waals surface area contributed by atoms with Gasteiger partial charge in [0.1, 0.15) is 18.7 Å². The maximum Gasteiger partial charge on any atom is 0.416 e. The third-order valence-corrected chi connectivity index (χ3v) is 4.68. The van der Waals surface area contributed by atoms with E-state index in [1.165, 1.54) is 12.4 Å². The molecule has 0 bridgehead atoms. The fourth-order valence-electron chi connectivity index (χ4n) is 3.23. The van der Waals surface area contributed by atoms with Crippen molar-refractivity contribution >= 4 is 29.9 Å². The fraction of sp³-hybridized carbons (Fsp3) is 0.450. The predicted octanol–water partition coefficient (Wildman–Crippen LogP) is 3.64. The Labute approximate surface area is 190 Å². The first-order valence-corrected chi connectivity index (χ1v) is 9.52. The second-order valence-corrected chi connectivity index (χ2v) is 6.68. The molecule has 6 nitrogen and oxygen atoms in total. The summed E-state index contributed by atoms with van der Waals surface area (Å²) in [7, 11) is 0. The number of hydrogen-bond donors (Lipinski definition) is 2. The normalized spacial score (nSPS) is 15.2. The quantitative estimate of drug-likeness (QED) is 0.274. The van der Waals surface area contributed by atoms with Gasteiger partial charge in [0, 0.05) is 31.1 Å². The number of nitrogens with zero attached hydrogens (tertiary/aromatic N) is 4. The van der Waals surface area contributed by atoms with Crippen LogP contribution in [0.25, 0.3) is 0 Å². The number of H-pyrrole nitrogens is 1. The van der Waals surface area contributed by atoms with Gasteiger partial charge >= 0.3 is 6.18 Å². The topological polar surface area (TPSA) is 69.2 Å². The van der Waals surface area contributed by atoms with Gasteiger partial charge in [0.15, 0.2) is 5.96 Å². The SMILES string of the molecule is CCNC(=NCC#Cc1cccc(C(F)(F)F)c1)N1CCC(c2ncn[nH]2)CC1.I. The molecule has 1 aromatic carbocycles. The third-order valence-electron chi connectivity index (χ3n) is 4.68. The van der Waals surface area contributed by atoms with Crippen LogP contribution in [-0.4, -0.2) is 52.2 Å². The van der Waals surface area contributed by atoms with Crippen molar-refractivity contribution in [1.82, 2.24) is 25.4 Å². The molecule has 0 amide bonds. The molecule has 2 N–H and O–H groups in total. The minimum atomic E-state index is -4.37. The molecule has 0 aliphatic carbocycles. The first-order chi connectivity index (χ1) is 14.0. The summed E-state index contributed by atoms with van der Waals surface area (Å²) < 4.78 is 38.3. The average molecular weight is 532 g/mol. The number of likely N-dealkylation sites (tertiary alicyclic amines) is 1. The van der Waals surface area contributed by atoms with Crippen molar-refractivity contribution in [3.63, 3.8) is 0 Å². The molecule has 2 heterocycles. The summed E-state index contributed by atoms with van der Waals surface area (Å²) in [5.74, 6) is 7.64. The summed E-state index contributed by atoms with van der Waals surface area (Å²) >= 11 is 0. The van der Waals surface area contributed by atoms with Gasteiger partial charge in [-0.3, -0.25) is 5.10 Å². The summed E-state index contributed by atoms with van der Waals surface area (Å²) in [5, 5.41) is 10.1. The lowest BCUT2D eigenvalue weighted by atomic mass is 9.96. The minimum absolute atomic E-state index is 0. The third kappa shape index (κ3) is 6.62. The number of halogens is 4. The van der Waals surface area contributed by atoms with E-state index in [0.29, 0.717) is 11.5 Å². The second kappa shape index (κ2) is 11.2. The van der Waals surface area contributed by atoms with E-state index in [0.717, 1.165) is 56.4 Å². The molecule has 1 aliphatic heterocycles. The maximum atomic E-state index is 12.8. The van der Waals surface area contributed by atoms with Crippen molar-refractivity contribution in [1.29, 1.82) is 0 Å². The molecule has 0 saturated carbocycles. The van der Waals surface area contributed by atoms with Crippen LogP contribution in [0.1, 0.15) is 42.6 Å². The lowest BCUT2D eigenvalue weighted by Gasteiger charge is -2.33. The molecule has 3 rings (SSSR count). The number of aliphatic imine (C=N–C) groups is 1. The van der Waals surface area contributed by atoms with Gasteiger partial charge in [0.05, 0.1) is 5.56 Å². The Morgan fingerprint density at radius 2 is 2.10 bits per heavy atom. The molecule has 1 saturated heterocycles. The van der Waals surface area contributed by atoms with Gasteiger partial charge in [-0.15, -0.1) is 24.0 Å². The molecule has 1 fully saturated rings. The van der Waals surface area contributed by atoms with Gasteiger partial charge in [0.25, 0.3) is 0 Å². The zero-order chi connectivity index (χ0) is 20.7. The van der Waals surface area contributed by atoms with E-state index in [9.17, 15) is 13.2 Å². The van der Waals surface area contributed by atoms with Crippen LogP contribution in [0.2, 0.25) is 0 Å². The van der Waals surface area contributed by atoms with Gasteiger partial charge in [-0.05, 0) is 38.0 Å². The summed E-state index contributed by atoms with van der Waals surface area (Å²) in [5.41, 5.74) is -0.372. The highest BCUT2D eigenvalue weighted by molar-refractivity contribution is 14.0. The van der Waals surface area contributed by atoms with Crippen LogP contribution in [0.4, 0.5) is 13.2 Å².